The highest BCUT2D eigenvalue weighted by Crippen LogP contribution is 2.27. The Labute approximate surface area is 133 Å². The average Bonchev–Trinajstić information content (AvgIpc) is 2.40. The maximum absolute atomic E-state index is 11.9. The molecule has 0 heterocycles. The molecule has 1 rings (SSSR count). The molecule has 0 spiro atoms. The molecule has 1 amide bonds. The van der Waals surface area contributed by atoms with E-state index < -0.39 is 0 Å². The molecule has 3 nitrogen and oxygen atoms in total. The Hall–Kier alpha value is -1.16. The maximum Gasteiger partial charge on any atom is 0.230 e. The van der Waals surface area contributed by atoms with Gasteiger partial charge in [0.05, 0.1) is 5.75 Å². The van der Waals surface area contributed by atoms with Crippen molar-refractivity contribution in [1.29, 1.82) is 0 Å². The van der Waals surface area contributed by atoms with Crippen LogP contribution in [0.25, 0.3) is 0 Å². The summed E-state index contributed by atoms with van der Waals surface area (Å²) in [6.45, 7) is 8.51. The van der Waals surface area contributed by atoms with E-state index >= 15 is 0 Å². The third-order valence-electron chi connectivity index (χ3n) is 3.47. The van der Waals surface area contributed by atoms with Gasteiger partial charge in [-0.2, -0.15) is 0 Å². The molecule has 21 heavy (non-hydrogen) atoms. The number of nitrogens with one attached hydrogen (secondary N) is 1. The number of hydrogen-bond acceptors (Lipinski definition) is 3. The fraction of sp³-hybridized carbons (Fsp3) is 0.588. The summed E-state index contributed by atoms with van der Waals surface area (Å²) < 4.78 is 0. The molecule has 3 N–H and O–H groups in total. The largest absolute Gasteiger partial charge is 0.398 e. The molecule has 1 atom stereocenters. The van der Waals surface area contributed by atoms with Gasteiger partial charge in [-0.25, -0.2) is 0 Å². The lowest BCUT2D eigenvalue weighted by Gasteiger charge is -2.15. The van der Waals surface area contributed by atoms with Gasteiger partial charge in [0.25, 0.3) is 0 Å². The maximum atomic E-state index is 11.9. The molecule has 0 saturated heterocycles. The van der Waals surface area contributed by atoms with Crippen LogP contribution in [0.3, 0.4) is 0 Å². The molecular formula is C17H28N2OS. The van der Waals surface area contributed by atoms with Gasteiger partial charge >= 0.3 is 0 Å². The lowest BCUT2D eigenvalue weighted by atomic mass is 10.0. The molecule has 0 aliphatic rings. The zero-order valence-corrected chi connectivity index (χ0v) is 14.4. The van der Waals surface area contributed by atoms with Gasteiger partial charge in [0, 0.05) is 16.6 Å². The van der Waals surface area contributed by atoms with Gasteiger partial charge in [-0.3, -0.25) is 4.79 Å². The first-order valence-electron chi connectivity index (χ1n) is 7.67. The molecule has 118 valence electrons. The van der Waals surface area contributed by atoms with Crippen LogP contribution in [0, 0.1) is 12.8 Å². The van der Waals surface area contributed by atoms with E-state index in [1.165, 1.54) is 18.2 Å². The van der Waals surface area contributed by atoms with E-state index in [1.807, 2.05) is 25.1 Å². The van der Waals surface area contributed by atoms with E-state index in [4.69, 9.17) is 5.73 Å². The summed E-state index contributed by atoms with van der Waals surface area (Å²) in [4.78, 5) is 12.9. The van der Waals surface area contributed by atoms with Crippen molar-refractivity contribution >= 4 is 23.4 Å². The number of thioether (sulfide) groups is 1. The number of para-hydroxylation sites is 1. The predicted molar refractivity (Wildman–Crippen MR) is 92.6 cm³/mol. The number of nitrogen functional groups attached to an aromatic ring is 1. The number of nitrogens with two attached hydrogens (primary N) is 1. The Morgan fingerprint density at radius 1 is 1.29 bits per heavy atom. The quantitative estimate of drug-likeness (QED) is 0.564. The van der Waals surface area contributed by atoms with Crippen LogP contribution in [0.15, 0.2) is 23.1 Å². The fourth-order valence-electron chi connectivity index (χ4n) is 2.14. The summed E-state index contributed by atoms with van der Waals surface area (Å²) in [6.07, 6.45) is 3.42. The molecule has 0 aliphatic heterocycles. The van der Waals surface area contributed by atoms with Crippen molar-refractivity contribution < 1.29 is 4.79 Å². The number of rotatable bonds is 8. The van der Waals surface area contributed by atoms with Gasteiger partial charge in [-0.1, -0.05) is 38.8 Å². The Balaban J connectivity index is 2.32. The first-order valence-corrected chi connectivity index (χ1v) is 8.66. The second-order valence-corrected chi connectivity index (χ2v) is 7.09. The highest BCUT2D eigenvalue weighted by atomic mass is 32.2. The SMILES string of the molecule is Cc1cccc(SCC(=O)NC(C)CCCC(C)C)c1N. The number of aryl methyl sites for hydroxylation is 1. The van der Waals surface area contributed by atoms with E-state index in [0.29, 0.717) is 5.75 Å². The number of carbonyl (C=O) groups is 1. The zero-order chi connectivity index (χ0) is 15.8. The summed E-state index contributed by atoms with van der Waals surface area (Å²) in [5.41, 5.74) is 7.85. The molecule has 0 radical (unpaired) electrons. The number of amides is 1. The summed E-state index contributed by atoms with van der Waals surface area (Å²) in [7, 11) is 0. The molecule has 4 heteroatoms. The lowest BCUT2D eigenvalue weighted by molar-refractivity contribution is -0.119. The van der Waals surface area contributed by atoms with Crippen LogP contribution < -0.4 is 11.1 Å². The van der Waals surface area contributed by atoms with E-state index in [1.54, 1.807) is 0 Å². The van der Waals surface area contributed by atoms with Crippen molar-refractivity contribution in [3.8, 4) is 0 Å². The van der Waals surface area contributed by atoms with Crippen LogP contribution in [0.1, 0.15) is 45.6 Å². The minimum atomic E-state index is 0.0814. The standard InChI is InChI=1S/C17H28N2OS/c1-12(2)7-5-9-14(4)19-16(20)11-21-15-10-6-8-13(3)17(15)18/h6,8,10,12,14H,5,7,9,11,18H2,1-4H3,(H,19,20). The highest BCUT2D eigenvalue weighted by molar-refractivity contribution is 8.00. The molecule has 0 fully saturated rings. The molecule has 0 aliphatic carbocycles. The molecule has 1 aromatic rings. The van der Waals surface area contributed by atoms with E-state index in [9.17, 15) is 4.79 Å². The first-order chi connectivity index (χ1) is 9.90. The summed E-state index contributed by atoms with van der Waals surface area (Å²) in [5.74, 6) is 1.23. The van der Waals surface area contributed by atoms with Crippen molar-refractivity contribution in [1.82, 2.24) is 5.32 Å². The van der Waals surface area contributed by atoms with E-state index in [-0.39, 0.29) is 11.9 Å². The lowest BCUT2D eigenvalue weighted by Crippen LogP contribution is -2.33. The van der Waals surface area contributed by atoms with Gasteiger partial charge in [-0.05, 0) is 37.8 Å². The number of carbonyl (C=O) groups excluding carboxylic acids is 1. The average molecular weight is 308 g/mol. The topological polar surface area (TPSA) is 55.1 Å². The predicted octanol–water partition coefficient (Wildman–Crippen LogP) is 4.00. The van der Waals surface area contributed by atoms with Crippen LogP contribution >= 0.6 is 11.8 Å². The van der Waals surface area contributed by atoms with E-state index in [2.05, 4.69) is 26.1 Å². The van der Waals surface area contributed by atoms with Crippen molar-refractivity contribution in [2.75, 3.05) is 11.5 Å². The molecule has 1 unspecified atom stereocenters. The van der Waals surface area contributed by atoms with E-state index in [0.717, 1.165) is 34.9 Å². The Morgan fingerprint density at radius 2 is 2.00 bits per heavy atom. The molecule has 0 saturated carbocycles. The van der Waals surface area contributed by atoms with Crippen LogP contribution in [0.4, 0.5) is 5.69 Å². The number of benzene rings is 1. The first kappa shape index (κ1) is 17.9. The van der Waals surface area contributed by atoms with Crippen molar-refractivity contribution in [2.45, 2.75) is 57.9 Å². The summed E-state index contributed by atoms with van der Waals surface area (Å²) >= 11 is 1.50. The monoisotopic (exact) mass is 308 g/mol. The van der Waals surface area contributed by atoms with Crippen molar-refractivity contribution in [3.05, 3.63) is 23.8 Å². The van der Waals surface area contributed by atoms with Gasteiger partial charge in [0.1, 0.15) is 0 Å². The smallest absolute Gasteiger partial charge is 0.230 e. The summed E-state index contributed by atoms with van der Waals surface area (Å²) in [6, 6.07) is 6.16. The molecular weight excluding hydrogens is 280 g/mol. The van der Waals surface area contributed by atoms with Crippen LogP contribution in [0.5, 0.6) is 0 Å². The van der Waals surface area contributed by atoms with Gasteiger partial charge in [0.15, 0.2) is 0 Å². The van der Waals surface area contributed by atoms with Crippen molar-refractivity contribution in [3.63, 3.8) is 0 Å². The minimum Gasteiger partial charge on any atom is -0.398 e. The third-order valence-corrected chi connectivity index (χ3v) is 4.54. The Morgan fingerprint density at radius 3 is 2.67 bits per heavy atom. The normalized spacial score (nSPS) is 12.4. The Bertz CT molecular complexity index is 460. The third kappa shape index (κ3) is 6.89. The molecule has 1 aromatic carbocycles. The minimum absolute atomic E-state index is 0.0814. The highest BCUT2D eigenvalue weighted by Gasteiger charge is 2.10. The van der Waals surface area contributed by atoms with Crippen LogP contribution in [0.2, 0.25) is 0 Å². The Kier molecular flexibility index (Phi) is 7.65. The number of anilines is 1. The molecule has 0 aromatic heterocycles. The van der Waals surface area contributed by atoms with Gasteiger partial charge in [-0.15, -0.1) is 11.8 Å². The van der Waals surface area contributed by atoms with Gasteiger partial charge in [0.2, 0.25) is 5.91 Å². The molecule has 0 bridgehead atoms. The van der Waals surface area contributed by atoms with Crippen LogP contribution in [-0.4, -0.2) is 17.7 Å². The second-order valence-electron chi connectivity index (χ2n) is 6.07. The zero-order valence-electron chi connectivity index (χ0n) is 13.6. The van der Waals surface area contributed by atoms with Gasteiger partial charge < -0.3 is 11.1 Å². The van der Waals surface area contributed by atoms with Crippen LogP contribution in [-0.2, 0) is 4.79 Å². The second kappa shape index (κ2) is 8.98. The fourth-order valence-corrected chi connectivity index (χ4v) is 3.01. The summed E-state index contributed by atoms with van der Waals surface area (Å²) in [5, 5.41) is 3.06. The number of hydrogen-bond donors (Lipinski definition) is 2. The van der Waals surface area contributed by atoms with Crippen molar-refractivity contribution in [2.24, 2.45) is 5.92 Å².